The Morgan fingerprint density at radius 3 is 1.81 bits per heavy atom. The molecule has 5 heteroatoms. The Kier molecular flexibility index (Phi) is 10.1. The van der Waals surface area contributed by atoms with E-state index in [1.54, 1.807) is 0 Å². The van der Waals surface area contributed by atoms with Crippen molar-refractivity contribution in [2.24, 2.45) is 5.92 Å². The fourth-order valence-corrected chi connectivity index (χ4v) is 7.54. The van der Waals surface area contributed by atoms with E-state index in [1.165, 1.54) is 0 Å². The minimum absolute atomic E-state index is 0.0515. The molecule has 2 saturated heterocycles. The van der Waals surface area contributed by atoms with Gasteiger partial charge in [0, 0.05) is 0 Å². The molecule has 6 atom stereocenters. The van der Waals surface area contributed by atoms with E-state index in [9.17, 15) is 5.11 Å². The highest BCUT2D eigenvalue weighted by Crippen LogP contribution is 2.47. The second-order valence-corrected chi connectivity index (χ2v) is 13.2. The quantitative estimate of drug-likeness (QED) is 0.118. The number of likely N-dealkylation sites (tertiary alicyclic amines) is 1. The summed E-state index contributed by atoms with van der Waals surface area (Å²) in [5.74, 6) is -0.503. The molecule has 2 fully saturated rings. The van der Waals surface area contributed by atoms with Gasteiger partial charge in [-0.2, -0.15) is 0 Å². The Balaban J connectivity index is 1.31. The van der Waals surface area contributed by atoms with Crippen LogP contribution in [0.2, 0.25) is 0 Å². The van der Waals surface area contributed by atoms with Gasteiger partial charge in [-0.15, -0.1) is 0 Å². The zero-order chi connectivity index (χ0) is 30.5. The molecule has 2 aliphatic rings. The Morgan fingerprint density at radius 2 is 1.33 bits per heavy atom. The molecule has 0 bridgehead atoms. The van der Waals surface area contributed by atoms with Gasteiger partial charge in [0.25, 0.3) is 0 Å². The Morgan fingerprint density at radius 1 is 0.791 bits per heavy atom. The summed E-state index contributed by atoms with van der Waals surface area (Å²) in [7, 11) is 2.15. The van der Waals surface area contributed by atoms with Crippen LogP contribution < -0.4 is 0 Å². The lowest BCUT2D eigenvalue weighted by Crippen LogP contribution is -2.56. The average molecular weight is 587 g/mol. The molecule has 0 saturated carbocycles. The van der Waals surface area contributed by atoms with Gasteiger partial charge in [-0.05, 0) is 62.6 Å². The summed E-state index contributed by atoms with van der Waals surface area (Å²) >= 11 is 0. The minimum Gasteiger partial charge on any atom is -0.358 e. The van der Waals surface area contributed by atoms with Gasteiger partial charge in [-0.3, -0.25) is 9.22 Å². The van der Waals surface area contributed by atoms with E-state index in [-0.39, 0.29) is 24.4 Å². The monoisotopic (exact) mass is 586 g/mol. The summed E-state index contributed by atoms with van der Waals surface area (Å²) in [6, 6.07) is 32.0. The molecular weight excluding hydrogens is 534 g/mol. The molecule has 2 heterocycles. The van der Waals surface area contributed by atoms with Crippen molar-refractivity contribution < 1.29 is 23.8 Å². The maximum atomic E-state index is 11.3. The van der Waals surface area contributed by atoms with Gasteiger partial charge < -0.3 is 14.6 Å². The highest BCUT2D eigenvalue weighted by atomic mass is 16.8. The first kappa shape index (κ1) is 31.9. The number of unbranched alkanes of at least 4 members (excludes halogenated alkanes) is 2. The van der Waals surface area contributed by atoms with Crippen LogP contribution in [0.5, 0.6) is 0 Å². The largest absolute Gasteiger partial charge is 0.358 e. The summed E-state index contributed by atoms with van der Waals surface area (Å²) in [4.78, 5) is 0. The molecular formula is C38H52NO4+. The van der Waals surface area contributed by atoms with Crippen LogP contribution in [-0.2, 0) is 19.8 Å². The Hall–Kier alpha value is -2.54. The highest BCUT2D eigenvalue weighted by molar-refractivity contribution is 5.47. The van der Waals surface area contributed by atoms with Crippen molar-refractivity contribution in [2.75, 3.05) is 13.6 Å². The van der Waals surface area contributed by atoms with E-state index in [0.29, 0.717) is 4.48 Å². The maximum absolute atomic E-state index is 11.3. The normalized spacial score (nSPS) is 27.2. The van der Waals surface area contributed by atoms with Crippen molar-refractivity contribution >= 4 is 0 Å². The molecule has 0 aromatic heterocycles. The predicted octanol–water partition coefficient (Wildman–Crippen LogP) is 8.01. The van der Waals surface area contributed by atoms with Crippen molar-refractivity contribution in [2.45, 2.75) is 109 Å². The molecule has 0 radical (unpaired) electrons. The number of nitrogens with zero attached hydrogens (tertiary/aromatic N) is 1. The van der Waals surface area contributed by atoms with Crippen LogP contribution in [0.25, 0.3) is 0 Å². The van der Waals surface area contributed by atoms with Crippen molar-refractivity contribution in [1.29, 1.82) is 0 Å². The van der Waals surface area contributed by atoms with Gasteiger partial charge in [-0.1, -0.05) is 118 Å². The van der Waals surface area contributed by atoms with Gasteiger partial charge in [0.15, 0.2) is 18.1 Å². The lowest BCUT2D eigenvalue weighted by Gasteiger charge is -2.39. The van der Waals surface area contributed by atoms with E-state index in [1.807, 2.05) is 13.8 Å². The molecule has 0 spiro atoms. The summed E-state index contributed by atoms with van der Waals surface area (Å²) in [6.45, 7) is 9.24. The summed E-state index contributed by atoms with van der Waals surface area (Å²) in [5, 5.41) is 11.3. The number of ether oxygens (including phenoxy) is 3. The van der Waals surface area contributed by atoms with Crippen LogP contribution in [0.4, 0.5) is 0 Å². The van der Waals surface area contributed by atoms with E-state index in [2.05, 4.69) is 112 Å². The lowest BCUT2D eigenvalue weighted by molar-refractivity contribution is -0.983. The van der Waals surface area contributed by atoms with E-state index in [4.69, 9.17) is 14.2 Å². The first-order chi connectivity index (χ1) is 20.7. The molecule has 1 N–H and O–H groups in total. The van der Waals surface area contributed by atoms with Gasteiger partial charge in [-0.25, -0.2) is 0 Å². The molecule has 5 rings (SSSR count). The van der Waals surface area contributed by atoms with Gasteiger partial charge in [0.1, 0.15) is 5.60 Å². The van der Waals surface area contributed by atoms with Crippen LogP contribution in [-0.4, -0.2) is 53.6 Å². The summed E-state index contributed by atoms with van der Waals surface area (Å²) in [5.41, 5.74) is 2.75. The molecule has 2 aliphatic heterocycles. The molecule has 1 unspecified atom stereocenters. The fraction of sp³-hybridized carbons (Fsp3) is 0.526. The molecule has 0 amide bonds. The standard InChI is InChI=1S/C38H52NO4/c1-6-20-32(27-18-11-19-28-39(5)35(40)33(7-2)34-36(39)43-37(3,4)42-34)41-38(29-21-12-8-13-22-29,30-23-14-9-15-24-30)31-25-16-10-17-26-31/h8-10,12-17,21-26,32-36,40H,6-7,11,18-20,27-28H2,1-5H3/q+1/t32?,33-,34-,35+,36+,39+/m0/s1. The molecule has 5 nitrogen and oxygen atoms in total. The maximum Gasteiger partial charge on any atom is 0.225 e. The van der Waals surface area contributed by atoms with E-state index in [0.717, 1.165) is 68.2 Å². The zero-order valence-electron chi connectivity index (χ0n) is 26.8. The zero-order valence-corrected chi connectivity index (χ0v) is 26.8. The topological polar surface area (TPSA) is 47.9 Å². The van der Waals surface area contributed by atoms with E-state index >= 15 is 0 Å². The lowest BCUT2D eigenvalue weighted by atomic mass is 9.79. The molecule has 43 heavy (non-hydrogen) atoms. The van der Waals surface area contributed by atoms with Crippen molar-refractivity contribution in [1.82, 2.24) is 0 Å². The van der Waals surface area contributed by atoms with Crippen LogP contribution >= 0.6 is 0 Å². The third kappa shape index (κ3) is 6.48. The number of benzene rings is 3. The summed E-state index contributed by atoms with van der Waals surface area (Å²) in [6.07, 6.45) is 6.60. The van der Waals surface area contributed by atoms with Crippen LogP contribution in [0.15, 0.2) is 91.0 Å². The average Bonchev–Trinajstić information content (AvgIpc) is 3.44. The van der Waals surface area contributed by atoms with Crippen molar-refractivity contribution in [3.05, 3.63) is 108 Å². The first-order valence-corrected chi connectivity index (χ1v) is 16.5. The Bertz CT molecular complexity index is 1170. The minimum atomic E-state index is -0.696. The highest BCUT2D eigenvalue weighted by Gasteiger charge is 2.64. The smallest absolute Gasteiger partial charge is 0.225 e. The number of aliphatic hydroxyl groups excluding tert-OH is 1. The molecule has 3 aromatic rings. The Labute approximate surface area is 259 Å². The summed E-state index contributed by atoms with van der Waals surface area (Å²) < 4.78 is 20.5. The fourth-order valence-electron chi connectivity index (χ4n) is 7.54. The molecule has 0 aliphatic carbocycles. The number of hydrogen-bond donors (Lipinski definition) is 1. The second-order valence-electron chi connectivity index (χ2n) is 13.2. The number of likely N-dealkylation sites (N-methyl/N-ethyl adjacent to an activating group) is 1. The molecule has 232 valence electrons. The number of quaternary nitrogens is 1. The third-order valence-electron chi connectivity index (χ3n) is 9.73. The van der Waals surface area contributed by atoms with Crippen LogP contribution in [0.3, 0.4) is 0 Å². The number of rotatable bonds is 14. The second kappa shape index (κ2) is 13.6. The van der Waals surface area contributed by atoms with Crippen LogP contribution in [0.1, 0.15) is 89.3 Å². The van der Waals surface area contributed by atoms with Crippen molar-refractivity contribution in [3.63, 3.8) is 0 Å². The van der Waals surface area contributed by atoms with Gasteiger partial charge in [0.05, 0.1) is 25.6 Å². The van der Waals surface area contributed by atoms with E-state index < -0.39 is 17.6 Å². The van der Waals surface area contributed by atoms with Gasteiger partial charge >= 0.3 is 0 Å². The number of aliphatic hydroxyl groups is 1. The number of fused-ring (bicyclic) bond motifs is 1. The van der Waals surface area contributed by atoms with Gasteiger partial charge in [0.2, 0.25) is 6.23 Å². The van der Waals surface area contributed by atoms with Crippen molar-refractivity contribution in [3.8, 4) is 0 Å². The third-order valence-corrected chi connectivity index (χ3v) is 9.73. The first-order valence-electron chi connectivity index (χ1n) is 16.5. The van der Waals surface area contributed by atoms with Crippen LogP contribution in [0, 0.1) is 5.92 Å². The number of hydrogen-bond acceptors (Lipinski definition) is 4. The SMILES string of the molecule is CCCC(CCCCC[N@+]1(C)[C@H](O)[C@@H](CC)[C@@H]2OC(C)(C)O[C@H]21)OC(c1ccccc1)(c1ccccc1)c1ccccc1. The molecule has 3 aromatic carbocycles. The predicted molar refractivity (Wildman–Crippen MR) is 172 cm³/mol.